The summed E-state index contributed by atoms with van der Waals surface area (Å²) in [5, 5.41) is 11.5. The lowest BCUT2D eigenvalue weighted by molar-refractivity contribution is 0.102. The van der Waals surface area contributed by atoms with Gasteiger partial charge in [-0.05, 0) is 37.1 Å². The summed E-state index contributed by atoms with van der Waals surface area (Å²) < 4.78 is 10.6. The minimum atomic E-state index is -0.339. The van der Waals surface area contributed by atoms with Crippen LogP contribution in [0.25, 0.3) is 0 Å². The Labute approximate surface area is 166 Å². The predicted octanol–water partition coefficient (Wildman–Crippen LogP) is 4.75. The number of benzene rings is 1. The zero-order chi connectivity index (χ0) is 20.0. The van der Waals surface area contributed by atoms with Gasteiger partial charge in [-0.25, -0.2) is 0 Å². The van der Waals surface area contributed by atoms with Gasteiger partial charge in [0.05, 0.1) is 19.9 Å². The van der Waals surface area contributed by atoms with E-state index in [4.69, 9.17) is 9.47 Å². The summed E-state index contributed by atoms with van der Waals surface area (Å²) in [6.45, 7) is 2.28. The largest absolute Gasteiger partial charge is 0.496 e. The number of methoxy groups -OCH3 is 2. The Morgan fingerprint density at radius 3 is 2.07 bits per heavy atom. The molecule has 1 saturated carbocycles. The minimum absolute atomic E-state index is 0.0574. The lowest BCUT2D eigenvalue weighted by Gasteiger charge is -2.30. The second-order valence-corrected chi connectivity index (χ2v) is 7.62. The molecule has 1 amide bonds. The van der Waals surface area contributed by atoms with Gasteiger partial charge in [-0.2, -0.15) is 5.10 Å². The minimum Gasteiger partial charge on any atom is -0.496 e. The van der Waals surface area contributed by atoms with Crippen molar-refractivity contribution in [2.75, 3.05) is 19.5 Å². The van der Waals surface area contributed by atoms with Gasteiger partial charge in [0.25, 0.3) is 5.91 Å². The van der Waals surface area contributed by atoms with Crippen LogP contribution in [0, 0.1) is 0 Å². The SMILES string of the molecule is COc1cccc(OC)c1C(=O)Nc1ccc(C2(C)CCCCCCC2)nn1. The van der Waals surface area contributed by atoms with Crippen molar-refractivity contribution < 1.29 is 14.3 Å². The molecule has 3 rings (SSSR count). The van der Waals surface area contributed by atoms with E-state index in [1.807, 2.05) is 12.1 Å². The zero-order valence-electron chi connectivity index (χ0n) is 17.0. The van der Waals surface area contributed by atoms with E-state index in [0.717, 1.165) is 18.5 Å². The Morgan fingerprint density at radius 1 is 0.929 bits per heavy atom. The van der Waals surface area contributed by atoms with Crippen LogP contribution in [0.15, 0.2) is 30.3 Å². The Kier molecular flexibility index (Phi) is 6.49. The number of aromatic nitrogens is 2. The summed E-state index contributed by atoms with van der Waals surface area (Å²) in [5.41, 5.74) is 1.40. The third-order valence-electron chi connectivity index (χ3n) is 5.64. The van der Waals surface area contributed by atoms with Crippen LogP contribution in [0.3, 0.4) is 0 Å². The number of carbonyl (C=O) groups excluding carboxylic acids is 1. The second kappa shape index (κ2) is 9.04. The number of nitrogens with zero attached hydrogens (tertiary/aromatic N) is 2. The van der Waals surface area contributed by atoms with E-state index in [9.17, 15) is 4.79 Å². The van der Waals surface area contributed by atoms with Crippen LogP contribution in [0.1, 0.15) is 67.9 Å². The quantitative estimate of drug-likeness (QED) is 0.807. The standard InChI is InChI=1S/C22H29N3O3/c1-22(14-7-5-4-6-8-15-22)18-12-13-19(25-24-18)23-21(26)20-16(27-2)10-9-11-17(20)28-3/h9-13H,4-8,14-15H2,1-3H3,(H,23,25,26). The lowest BCUT2D eigenvalue weighted by atomic mass is 9.75. The highest BCUT2D eigenvalue weighted by Gasteiger charge is 2.29. The van der Waals surface area contributed by atoms with Crippen molar-refractivity contribution in [2.45, 2.75) is 57.3 Å². The van der Waals surface area contributed by atoms with E-state index in [1.165, 1.54) is 46.3 Å². The molecule has 1 heterocycles. The summed E-state index contributed by atoms with van der Waals surface area (Å²) in [5.74, 6) is 0.969. The molecule has 0 atom stereocenters. The van der Waals surface area contributed by atoms with Crippen molar-refractivity contribution in [1.29, 1.82) is 0 Å². The molecule has 1 fully saturated rings. The van der Waals surface area contributed by atoms with E-state index in [-0.39, 0.29) is 11.3 Å². The molecule has 1 N–H and O–H groups in total. The predicted molar refractivity (Wildman–Crippen MR) is 109 cm³/mol. The molecule has 0 saturated heterocycles. The molecule has 6 nitrogen and oxygen atoms in total. The van der Waals surface area contributed by atoms with Gasteiger partial charge in [0.2, 0.25) is 0 Å². The highest BCUT2D eigenvalue weighted by atomic mass is 16.5. The summed E-state index contributed by atoms with van der Waals surface area (Å²) in [4.78, 5) is 12.8. The van der Waals surface area contributed by atoms with Crippen molar-refractivity contribution in [3.8, 4) is 11.5 Å². The first kappa shape index (κ1) is 20.1. The van der Waals surface area contributed by atoms with E-state index < -0.39 is 0 Å². The highest BCUT2D eigenvalue weighted by molar-refractivity contribution is 6.07. The fourth-order valence-corrected chi connectivity index (χ4v) is 3.92. The molecule has 6 heteroatoms. The average Bonchev–Trinajstić information content (AvgIpc) is 2.70. The first-order chi connectivity index (χ1) is 13.6. The van der Waals surface area contributed by atoms with E-state index in [1.54, 1.807) is 18.2 Å². The summed E-state index contributed by atoms with van der Waals surface area (Å²) in [7, 11) is 3.05. The van der Waals surface area contributed by atoms with Crippen LogP contribution in [-0.4, -0.2) is 30.3 Å². The van der Waals surface area contributed by atoms with E-state index in [0.29, 0.717) is 22.9 Å². The van der Waals surface area contributed by atoms with Crippen LogP contribution in [-0.2, 0) is 5.41 Å². The third-order valence-corrected chi connectivity index (χ3v) is 5.64. The number of hydrogen-bond acceptors (Lipinski definition) is 5. The van der Waals surface area contributed by atoms with Gasteiger partial charge in [-0.15, -0.1) is 5.10 Å². The Bertz CT molecular complexity index is 775. The van der Waals surface area contributed by atoms with E-state index >= 15 is 0 Å². The smallest absolute Gasteiger partial charge is 0.264 e. The molecular weight excluding hydrogens is 354 g/mol. The summed E-state index contributed by atoms with van der Waals surface area (Å²) in [6.07, 6.45) is 8.63. The second-order valence-electron chi connectivity index (χ2n) is 7.62. The van der Waals surface area contributed by atoms with Gasteiger partial charge in [0.1, 0.15) is 17.1 Å². The van der Waals surface area contributed by atoms with Gasteiger partial charge in [0.15, 0.2) is 5.82 Å². The Morgan fingerprint density at radius 2 is 1.54 bits per heavy atom. The number of rotatable bonds is 5. The molecule has 0 spiro atoms. The van der Waals surface area contributed by atoms with E-state index in [2.05, 4.69) is 22.4 Å². The average molecular weight is 383 g/mol. The van der Waals surface area contributed by atoms with Gasteiger partial charge in [0, 0.05) is 5.41 Å². The molecule has 28 heavy (non-hydrogen) atoms. The van der Waals surface area contributed by atoms with Crippen LogP contribution < -0.4 is 14.8 Å². The zero-order valence-corrected chi connectivity index (χ0v) is 17.0. The van der Waals surface area contributed by atoms with Crippen LogP contribution >= 0.6 is 0 Å². The first-order valence-corrected chi connectivity index (χ1v) is 9.94. The Balaban J connectivity index is 1.77. The number of hydrogen-bond donors (Lipinski definition) is 1. The van der Waals surface area contributed by atoms with Crippen molar-refractivity contribution in [1.82, 2.24) is 10.2 Å². The topological polar surface area (TPSA) is 73.3 Å². The third kappa shape index (κ3) is 4.43. The van der Waals surface area contributed by atoms with Gasteiger partial charge >= 0.3 is 0 Å². The molecule has 1 aliphatic rings. The molecule has 0 aliphatic heterocycles. The molecule has 1 aromatic heterocycles. The fraction of sp³-hybridized carbons (Fsp3) is 0.500. The molecule has 0 bridgehead atoms. The van der Waals surface area contributed by atoms with Crippen LogP contribution in [0.4, 0.5) is 5.82 Å². The lowest BCUT2D eigenvalue weighted by Crippen LogP contribution is -2.25. The molecule has 150 valence electrons. The van der Waals surface area contributed by atoms with Crippen molar-refractivity contribution in [3.63, 3.8) is 0 Å². The number of amides is 1. The number of ether oxygens (including phenoxy) is 2. The van der Waals surface area contributed by atoms with Crippen LogP contribution in [0.5, 0.6) is 11.5 Å². The van der Waals surface area contributed by atoms with Gasteiger partial charge < -0.3 is 14.8 Å². The summed E-state index contributed by atoms with van der Waals surface area (Å²) in [6, 6.07) is 9.04. The van der Waals surface area contributed by atoms with Crippen molar-refractivity contribution in [2.24, 2.45) is 0 Å². The van der Waals surface area contributed by atoms with Gasteiger partial charge in [-0.3, -0.25) is 4.79 Å². The Hall–Kier alpha value is -2.63. The molecule has 1 aliphatic carbocycles. The fourth-order valence-electron chi connectivity index (χ4n) is 3.92. The summed E-state index contributed by atoms with van der Waals surface area (Å²) >= 11 is 0. The first-order valence-electron chi connectivity index (χ1n) is 9.94. The molecule has 2 aromatic rings. The van der Waals surface area contributed by atoms with Gasteiger partial charge in [-0.1, -0.05) is 45.1 Å². The molecule has 1 aromatic carbocycles. The highest BCUT2D eigenvalue weighted by Crippen LogP contribution is 2.36. The van der Waals surface area contributed by atoms with Crippen molar-refractivity contribution >= 4 is 11.7 Å². The number of nitrogens with one attached hydrogen (secondary N) is 1. The number of carbonyl (C=O) groups is 1. The van der Waals surface area contributed by atoms with Crippen molar-refractivity contribution in [3.05, 3.63) is 41.6 Å². The maximum atomic E-state index is 12.8. The number of anilines is 1. The van der Waals surface area contributed by atoms with Crippen LogP contribution in [0.2, 0.25) is 0 Å². The molecule has 0 unspecified atom stereocenters. The molecular formula is C22H29N3O3. The normalized spacial score (nSPS) is 16.5. The monoisotopic (exact) mass is 383 g/mol. The molecule has 0 radical (unpaired) electrons. The maximum Gasteiger partial charge on any atom is 0.264 e. The maximum absolute atomic E-state index is 12.8.